The molecule has 0 fully saturated rings. The van der Waals surface area contributed by atoms with Crippen molar-refractivity contribution < 1.29 is 0 Å². The summed E-state index contributed by atoms with van der Waals surface area (Å²) < 4.78 is 0. The van der Waals surface area contributed by atoms with E-state index in [1.807, 2.05) is 43.5 Å². The molecule has 1 aromatic carbocycles. The Hall–Kier alpha value is -2.40. The van der Waals surface area contributed by atoms with Gasteiger partial charge in [-0.05, 0) is 48.9 Å². The molecule has 23 heavy (non-hydrogen) atoms. The summed E-state index contributed by atoms with van der Waals surface area (Å²) in [6, 6.07) is 9.85. The van der Waals surface area contributed by atoms with Crippen LogP contribution in [-0.2, 0) is 6.42 Å². The fraction of sp³-hybridized carbons (Fsp3) is 0.235. The van der Waals surface area contributed by atoms with Crippen LogP contribution < -0.4 is 11.5 Å². The van der Waals surface area contributed by atoms with Gasteiger partial charge in [0.15, 0.2) is 0 Å². The van der Waals surface area contributed by atoms with Gasteiger partial charge in [0.05, 0.1) is 11.4 Å². The zero-order valence-corrected chi connectivity index (χ0v) is 13.6. The van der Waals surface area contributed by atoms with E-state index in [-0.39, 0.29) is 11.9 Å². The molecule has 1 atom stereocenters. The lowest BCUT2D eigenvalue weighted by atomic mass is 9.80. The molecule has 5 nitrogen and oxygen atoms in total. The lowest BCUT2D eigenvalue weighted by Crippen LogP contribution is -2.24. The molecule has 0 spiro atoms. The summed E-state index contributed by atoms with van der Waals surface area (Å²) in [4.78, 5) is 4.53. The van der Waals surface area contributed by atoms with E-state index >= 15 is 0 Å². The van der Waals surface area contributed by atoms with Crippen molar-refractivity contribution in [2.24, 2.45) is 21.7 Å². The van der Waals surface area contributed by atoms with Crippen molar-refractivity contribution in [2.45, 2.75) is 25.7 Å². The smallest absolute Gasteiger partial charge is 0.211 e. The summed E-state index contributed by atoms with van der Waals surface area (Å²) >= 11 is 6.36. The third-order valence-electron chi connectivity index (χ3n) is 4.04. The normalized spacial score (nSPS) is 18.5. The maximum atomic E-state index is 6.36. The van der Waals surface area contributed by atoms with E-state index in [4.69, 9.17) is 23.1 Å². The van der Waals surface area contributed by atoms with Gasteiger partial charge in [0.25, 0.3) is 0 Å². The predicted octanol–water partition coefficient (Wildman–Crippen LogP) is 2.75. The van der Waals surface area contributed by atoms with Crippen molar-refractivity contribution in [3.05, 3.63) is 63.9 Å². The van der Waals surface area contributed by atoms with E-state index in [0.29, 0.717) is 0 Å². The number of benzene rings is 1. The van der Waals surface area contributed by atoms with Gasteiger partial charge in [-0.25, -0.2) is 0 Å². The fourth-order valence-electron chi connectivity index (χ4n) is 3.04. The van der Waals surface area contributed by atoms with Crippen molar-refractivity contribution in [2.75, 3.05) is 0 Å². The topological polar surface area (TPSA) is 89.6 Å². The van der Waals surface area contributed by atoms with E-state index in [2.05, 4.69) is 15.2 Å². The molecule has 0 radical (unpaired) electrons. The number of aromatic nitrogens is 1. The number of nitrogens with two attached hydrogens (primary N) is 2. The Bertz CT molecular complexity index is 793. The molecule has 0 bridgehead atoms. The first-order valence-corrected chi connectivity index (χ1v) is 7.78. The highest BCUT2D eigenvalue weighted by atomic mass is 35.5. The highest BCUT2D eigenvalue weighted by Crippen LogP contribution is 2.36. The van der Waals surface area contributed by atoms with Crippen molar-refractivity contribution >= 4 is 23.3 Å². The molecule has 0 saturated heterocycles. The van der Waals surface area contributed by atoms with Gasteiger partial charge >= 0.3 is 0 Å². The summed E-state index contributed by atoms with van der Waals surface area (Å²) in [5, 5.41) is 8.86. The quantitative estimate of drug-likeness (QED) is 0.505. The zero-order valence-electron chi connectivity index (χ0n) is 12.8. The molecule has 3 rings (SSSR count). The second kappa shape index (κ2) is 6.38. The molecule has 0 unspecified atom stereocenters. The number of halogens is 1. The maximum Gasteiger partial charge on any atom is 0.211 e. The van der Waals surface area contributed by atoms with Crippen LogP contribution in [0.4, 0.5) is 0 Å². The number of guanidine groups is 1. The van der Waals surface area contributed by atoms with Gasteiger partial charge < -0.3 is 11.5 Å². The van der Waals surface area contributed by atoms with Crippen molar-refractivity contribution in [1.82, 2.24) is 4.98 Å². The van der Waals surface area contributed by atoms with Gasteiger partial charge in [0.2, 0.25) is 5.96 Å². The molecule has 0 aliphatic heterocycles. The zero-order chi connectivity index (χ0) is 16.4. The number of hydrogen-bond acceptors (Lipinski definition) is 3. The van der Waals surface area contributed by atoms with Crippen LogP contribution in [-0.4, -0.2) is 16.7 Å². The number of hydrogen-bond donors (Lipinski definition) is 2. The van der Waals surface area contributed by atoms with Gasteiger partial charge in [-0.2, -0.15) is 5.10 Å². The number of rotatable bonds is 2. The second-order valence-corrected chi connectivity index (χ2v) is 6.05. The standard InChI is InChI=1S/C17H18ClN5/c1-10-6-7-21-14-8-11(12-4-2-3-5-13(12)18)9-15(16(10)14)22-23-17(19)20/h2-7,11H,8-9H2,1H3,(H4,19,20,23)/b22-15-/t11-/m0/s1. The molecule has 1 aliphatic carbocycles. The van der Waals surface area contributed by atoms with E-state index in [0.717, 1.165) is 46.0 Å². The highest BCUT2D eigenvalue weighted by molar-refractivity contribution is 6.31. The number of aryl methyl sites for hydroxylation is 1. The minimum absolute atomic E-state index is 0.0551. The van der Waals surface area contributed by atoms with E-state index in [1.54, 1.807) is 0 Å². The maximum absolute atomic E-state index is 6.36. The lowest BCUT2D eigenvalue weighted by molar-refractivity contribution is 0.677. The summed E-state index contributed by atoms with van der Waals surface area (Å²) in [5.74, 6) is 0.152. The first-order chi connectivity index (χ1) is 11.1. The number of nitrogens with zero attached hydrogens (tertiary/aromatic N) is 3. The predicted molar refractivity (Wildman–Crippen MR) is 93.8 cm³/mol. The van der Waals surface area contributed by atoms with E-state index in [9.17, 15) is 0 Å². The Labute approximate surface area is 140 Å². The molecule has 6 heteroatoms. The molecular weight excluding hydrogens is 310 g/mol. The first-order valence-electron chi connectivity index (χ1n) is 7.41. The van der Waals surface area contributed by atoms with Crippen molar-refractivity contribution in [1.29, 1.82) is 0 Å². The molecule has 1 aliphatic rings. The Morgan fingerprint density at radius 1 is 1.22 bits per heavy atom. The lowest BCUT2D eigenvalue weighted by Gasteiger charge is -2.26. The van der Waals surface area contributed by atoms with Crippen LogP contribution >= 0.6 is 11.6 Å². The van der Waals surface area contributed by atoms with Gasteiger partial charge in [0, 0.05) is 16.8 Å². The van der Waals surface area contributed by atoms with E-state index in [1.165, 1.54) is 0 Å². The van der Waals surface area contributed by atoms with Gasteiger partial charge in [-0.3, -0.25) is 4.98 Å². The molecule has 4 N–H and O–H groups in total. The van der Waals surface area contributed by atoms with Gasteiger partial charge in [-0.1, -0.05) is 29.8 Å². The summed E-state index contributed by atoms with van der Waals surface area (Å²) in [5.41, 5.74) is 16.0. The molecule has 118 valence electrons. The Kier molecular flexibility index (Phi) is 4.30. The van der Waals surface area contributed by atoms with Crippen molar-refractivity contribution in [3.63, 3.8) is 0 Å². The van der Waals surface area contributed by atoms with Crippen LogP contribution in [0.1, 0.15) is 34.7 Å². The van der Waals surface area contributed by atoms with Gasteiger partial charge in [-0.15, -0.1) is 5.10 Å². The van der Waals surface area contributed by atoms with Crippen LogP contribution in [0.5, 0.6) is 0 Å². The molecule has 0 saturated carbocycles. The third-order valence-corrected chi connectivity index (χ3v) is 4.38. The second-order valence-electron chi connectivity index (χ2n) is 5.65. The highest BCUT2D eigenvalue weighted by Gasteiger charge is 2.28. The Balaban J connectivity index is 2.08. The largest absolute Gasteiger partial charge is 0.369 e. The average Bonchev–Trinajstić information content (AvgIpc) is 2.53. The van der Waals surface area contributed by atoms with E-state index < -0.39 is 0 Å². The number of fused-ring (bicyclic) bond motifs is 1. The summed E-state index contributed by atoms with van der Waals surface area (Å²) in [6.45, 7) is 2.04. The third kappa shape index (κ3) is 3.19. The minimum atomic E-state index is -0.0551. The fourth-order valence-corrected chi connectivity index (χ4v) is 3.33. The Morgan fingerprint density at radius 2 is 2.00 bits per heavy atom. The average molecular weight is 328 g/mol. The van der Waals surface area contributed by atoms with Crippen molar-refractivity contribution in [3.8, 4) is 0 Å². The van der Waals surface area contributed by atoms with Gasteiger partial charge in [0.1, 0.15) is 0 Å². The molecule has 1 heterocycles. The molecule has 2 aromatic rings. The van der Waals surface area contributed by atoms with Crippen LogP contribution in [0.25, 0.3) is 0 Å². The minimum Gasteiger partial charge on any atom is -0.369 e. The Morgan fingerprint density at radius 3 is 2.74 bits per heavy atom. The van der Waals surface area contributed by atoms with Crippen LogP contribution in [0, 0.1) is 6.92 Å². The molecule has 1 aromatic heterocycles. The number of pyridine rings is 1. The van der Waals surface area contributed by atoms with Crippen LogP contribution in [0.3, 0.4) is 0 Å². The molecule has 0 amide bonds. The monoisotopic (exact) mass is 327 g/mol. The first kappa shape index (κ1) is 15.5. The summed E-state index contributed by atoms with van der Waals surface area (Å²) in [7, 11) is 0. The molecular formula is C17H18ClN5. The SMILES string of the molecule is Cc1ccnc2c1/C(=N\N=C(N)N)C[C@@H](c1ccccc1Cl)C2. The summed E-state index contributed by atoms with van der Waals surface area (Å²) in [6.07, 6.45) is 3.36. The van der Waals surface area contributed by atoms with Crippen LogP contribution in [0.2, 0.25) is 5.02 Å². The van der Waals surface area contributed by atoms with Crippen LogP contribution in [0.15, 0.2) is 46.7 Å².